The molecule has 0 amide bonds. The molecule has 1 N–H and O–H groups in total. The van der Waals surface area contributed by atoms with E-state index in [0.29, 0.717) is 6.61 Å². The van der Waals surface area contributed by atoms with E-state index >= 15 is 0 Å². The Bertz CT molecular complexity index is 224. The molecule has 86 valence electrons. The smallest absolute Gasteiger partial charge is 0.352 e. The first-order valence-corrected chi connectivity index (χ1v) is 6.09. The maximum Gasteiger partial charge on any atom is 0.399 e. The van der Waals surface area contributed by atoms with Gasteiger partial charge in [-0.05, 0) is 13.3 Å². The number of hydrogen-bond donors (Lipinski definition) is 1. The van der Waals surface area contributed by atoms with Gasteiger partial charge in [-0.2, -0.15) is 8.42 Å². The highest BCUT2D eigenvalue weighted by Crippen LogP contribution is 2.03. The lowest BCUT2D eigenvalue weighted by atomic mass is 10.2. The third-order valence-corrected chi connectivity index (χ3v) is 2.12. The molecule has 0 rings (SSSR count). The summed E-state index contributed by atoms with van der Waals surface area (Å²) in [4.78, 5) is 0. The van der Waals surface area contributed by atoms with E-state index in [4.69, 9.17) is 9.29 Å². The van der Waals surface area contributed by atoms with Crippen molar-refractivity contribution in [1.82, 2.24) is 0 Å². The van der Waals surface area contributed by atoms with Crippen LogP contribution in [-0.4, -0.2) is 25.9 Å². The van der Waals surface area contributed by atoms with Gasteiger partial charge in [-0.1, -0.05) is 26.2 Å². The van der Waals surface area contributed by atoms with Crippen molar-refractivity contribution in [2.75, 3.05) is 6.61 Å². The molecule has 0 aromatic heterocycles. The van der Waals surface area contributed by atoms with Crippen LogP contribution in [0.1, 0.15) is 39.5 Å². The minimum Gasteiger partial charge on any atom is -0.352 e. The van der Waals surface area contributed by atoms with Crippen molar-refractivity contribution in [3.8, 4) is 0 Å². The van der Waals surface area contributed by atoms with E-state index in [9.17, 15) is 8.42 Å². The molecule has 0 aliphatic carbocycles. The summed E-state index contributed by atoms with van der Waals surface area (Å²) in [6.45, 7) is 3.97. The van der Waals surface area contributed by atoms with Gasteiger partial charge in [0.2, 0.25) is 0 Å². The molecule has 0 aliphatic heterocycles. The molecule has 5 nitrogen and oxygen atoms in total. The minimum absolute atomic E-state index is 0.441. The molecule has 0 bridgehead atoms. The van der Waals surface area contributed by atoms with Crippen LogP contribution < -0.4 is 0 Å². The highest BCUT2D eigenvalue weighted by Gasteiger charge is 2.11. The zero-order valence-electron chi connectivity index (χ0n) is 8.60. The molecule has 0 radical (unpaired) electrons. The van der Waals surface area contributed by atoms with Gasteiger partial charge in [0.05, 0.1) is 0 Å². The van der Waals surface area contributed by atoms with Crippen LogP contribution in [0.5, 0.6) is 0 Å². The van der Waals surface area contributed by atoms with Crippen molar-refractivity contribution >= 4 is 10.4 Å². The van der Waals surface area contributed by atoms with Gasteiger partial charge in [-0.3, -0.25) is 4.55 Å². The van der Waals surface area contributed by atoms with Crippen molar-refractivity contribution in [3.63, 3.8) is 0 Å². The second-order valence-corrected chi connectivity index (χ2v) is 4.07. The van der Waals surface area contributed by atoms with E-state index in [2.05, 4.69) is 11.1 Å². The molecule has 1 unspecified atom stereocenters. The lowest BCUT2D eigenvalue weighted by molar-refractivity contribution is -0.0688. The Balaban J connectivity index is 3.41. The van der Waals surface area contributed by atoms with Gasteiger partial charge in [0.1, 0.15) is 0 Å². The van der Waals surface area contributed by atoms with Gasteiger partial charge >= 0.3 is 10.4 Å². The Kier molecular flexibility index (Phi) is 7.08. The van der Waals surface area contributed by atoms with E-state index in [-0.39, 0.29) is 0 Å². The first-order chi connectivity index (χ1) is 6.45. The van der Waals surface area contributed by atoms with Crippen LogP contribution in [0.3, 0.4) is 0 Å². The summed E-state index contributed by atoms with van der Waals surface area (Å²) >= 11 is 0. The number of unbranched alkanes of at least 4 members (excludes halogenated alkanes) is 3. The standard InChI is InChI=1S/C8H18O5S/c1-3-4-5-6-7-12-8(2)13-14(9,10)11/h8H,3-7H2,1-2H3,(H,9,10,11). The van der Waals surface area contributed by atoms with Crippen LogP contribution in [0.4, 0.5) is 0 Å². The van der Waals surface area contributed by atoms with E-state index in [1.165, 1.54) is 6.92 Å². The van der Waals surface area contributed by atoms with Gasteiger partial charge in [0.25, 0.3) is 0 Å². The Morgan fingerprint density at radius 2 is 1.93 bits per heavy atom. The summed E-state index contributed by atoms with van der Waals surface area (Å²) in [5.41, 5.74) is 0. The molecule has 0 aromatic rings. The third kappa shape index (κ3) is 9.91. The van der Waals surface area contributed by atoms with E-state index in [1.807, 2.05) is 0 Å². The fourth-order valence-corrected chi connectivity index (χ4v) is 1.38. The average molecular weight is 226 g/mol. The number of hydrogen-bond acceptors (Lipinski definition) is 4. The van der Waals surface area contributed by atoms with Crippen LogP contribution in [0, 0.1) is 0 Å². The molecular formula is C8H18O5S. The summed E-state index contributed by atoms with van der Waals surface area (Å²) in [6, 6.07) is 0. The predicted octanol–water partition coefficient (Wildman–Crippen LogP) is 1.75. The van der Waals surface area contributed by atoms with E-state index in [0.717, 1.165) is 25.7 Å². The summed E-state index contributed by atoms with van der Waals surface area (Å²) in [5.74, 6) is 0. The van der Waals surface area contributed by atoms with E-state index in [1.54, 1.807) is 0 Å². The fourth-order valence-electron chi connectivity index (χ4n) is 0.977. The van der Waals surface area contributed by atoms with Crippen LogP contribution >= 0.6 is 0 Å². The SMILES string of the molecule is CCCCCCOC(C)OS(=O)(=O)O. The Morgan fingerprint density at radius 1 is 1.29 bits per heavy atom. The summed E-state index contributed by atoms with van der Waals surface area (Å²) in [5, 5.41) is 0. The summed E-state index contributed by atoms with van der Waals surface area (Å²) < 4.78 is 37.9. The quantitative estimate of drug-likeness (QED) is 0.388. The zero-order chi connectivity index (χ0) is 11.0. The van der Waals surface area contributed by atoms with Crippen molar-refractivity contribution in [2.24, 2.45) is 0 Å². The highest BCUT2D eigenvalue weighted by molar-refractivity contribution is 7.80. The predicted molar refractivity (Wildman–Crippen MR) is 52.2 cm³/mol. The van der Waals surface area contributed by atoms with Crippen LogP contribution in [0.2, 0.25) is 0 Å². The van der Waals surface area contributed by atoms with Crippen molar-refractivity contribution < 1.29 is 21.9 Å². The molecule has 14 heavy (non-hydrogen) atoms. The maximum atomic E-state index is 10.2. The topological polar surface area (TPSA) is 72.8 Å². The highest BCUT2D eigenvalue weighted by atomic mass is 32.3. The Labute approximate surface area is 85.4 Å². The molecule has 6 heteroatoms. The summed E-state index contributed by atoms with van der Waals surface area (Å²) in [6.07, 6.45) is 3.27. The van der Waals surface area contributed by atoms with Gasteiger partial charge in [-0.25, -0.2) is 4.18 Å². The monoisotopic (exact) mass is 226 g/mol. The normalized spacial score (nSPS) is 14.2. The Hall–Kier alpha value is -0.170. The maximum absolute atomic E-state index is 10.2. The van der Waals surface area contributed by atoms with Crippen molar-refractivity contribution in [3.05, 3.63) is 0 Å². The van der Waals surface area contributed by atoms with Crippen LogP contribution in [0.25, 0.3) is 0 Å². The lowest BCUT2D eigenvalue weighted by Gasteiger charge is -2.10. The molecule has 0 saturated carbocycles. The molecule has 1 atom stereocenters. The molecule has 0 aromatic carbocycles. The second kappa shape index (κ2) is 7.17. The Morgan fingerprint density at radius 3 is 2.43 bits per heavy atom. The van der Waals surface area contributed by atoms with Crippen molar-refractivity contribution in [2.45, 2.75) is 45.8 Å². The van der Waals surface area contributed by atoms with Gasteiger partial charge < -0.3 is 4.74 Å². The number of rotatable bonds is 8. The molecular weight excluding hydrogens is 208 g/mol. The first-order valence-electron chi connectivity index (χ1n) is 4.73. The van der Waals surface area contributed by atoms with Crippen molar-refractivity contribution in [1.29, 1.82) is 0 Å². The average Bonchev–Trinajstić information content (AvgIpc) is 2.00. The lowest BCUT2D eigenvalue weighted by Crippen LogP contribution is -2.18. The molecule has 0 fully saturated rings. The molecule has 0 spiro atoms. The summed E-state index contributed by atoms with van der Waals surface area (Å²) in [7, 11) is -4.40. The zero-order valence-corrected chi connectivity index (χ0v) is 9.42. The second-order valence-electron chi connectivity index (χ2n) is 3.02. The minimum atomic E-state index is -4.40. The fraction of sp³-hybridized carbons (Fsp3) is 1.00. The number of ether oxygens (including phenoxy) is 1. The van der Waals surface area contributed by atoms with E-state index < -0.39 is 16.7 Å². The van der Waals surface area contributed by atoms with Crippen LogP contribution in [-0.2, 0) is 19.3 Å². The largest absolute Gasteiger partial charge is 0.399 e. The van der Waals surface area contributed by atoms with Crippen LogP contribution in [0.15, 0.2) is 0 Å². The van der Waals surface area contributed by atoms with Gasteiger partial charge in [0, 0.05) is 6.61 Å². The molecule has 0 saturated heterocycles. The molecule has 0 aliphatic rings. The first kappa shape index (κ1) is 13.8. The van der Waals surface area contributed by atoms with Gasteiger partial charge in [0.15, 0.2) is 6.29 Å². The van der Waals surface area contributed by atoms with Gasteiger partial charge in [-0.15, -0.1) is 0 Å². The molecule has 0 heterocycles. The third-order valence-electron chi connectivity index (χ3n) is 1.61.